The van der Waals surface area contributed by atoms with E-state index in [1.165, 1.54) is 0 Å². The molecular formula is C33H28ClN3O2S. The van der Waals surface area contributed by atoms with Gasteiger partial charge in [0.2, 0.25) is 5.91 Å². The Hall–Kier alpha value is -4.00. The van der Waals surface area contributed by atoms with Gasteiger partial charge in [0.15, 0.2) is 0 Å². The Balaban J connectivity index is 1.31. The molecule has 1 aromatic heterocycles. The van der Waals surface area contributed by atoms with Gasteiger partial charge in [0.1, 0.15) is 5.69 Å². The van der Waals surface area contributed by atoms with Crippen LogP contribution >= 0.6 is 23.4 Å². The largest absolute Gasteiger partial charge is 0.366 e. The quantitative estimate of drug-likeness (QED) is 0.220. The SMILES string of the molecule is O=C(Nc1ccccc1Sc1ccccc1)[C@@H]1CCCN(c2c(-c3ccccc3)c3cc(Cl)ccc3[nH]c2=O)C1. The summed E-state index contributed by atoms with van der Waals surface area (Å²) in [4.78, 5) is 34.4. The number of nitrogens with zero attached hydrogens (tertiary/aromatic N) is 1. The van der Waals surface area contributed by atoms with Crippen molar-refractivity contribution < 1.29 is 4.79 Å². The predicted molar refractivity (Wildman–Crippen MR) is 166 cm³/mol. The van der Waals surface area contributed by atoms with Gasteiger partial charge in [0.25, 0.3) is 5.56 Å². The summed E-state index contributed by atoms with van der Waals surface area (Å²) in [5.41, 5.74) is 3.72. The third-order valence-corrected chi connectivity index (χ3v) is 8.56. The maximum atomic E-state index is 13.6. The number of piperidine rings is 1. The van der Waals surface area contributed by atoms with E-state index in [0.717, 1.165) is 50.3 Å². The Morgan fingerprint density at radius 2 is 1.65 bits per heavy atom. The predicted octanol–water partition coefficient (Wildman–Crippen LogP) is 7.85. The molecule has 7 heteroatoms. The van der Waals surface area contributed by atoms with Crippen LogP contribution in [0.2, 0.25) is 5.02 Å². The number of fused-ring (bicyclic) bond motifs is 1. The number of amides is 1. The molecule has 40 heavy (non-hydrogen) atoms. The first-order chi connectivity index (χ1) is 19.6. The van der Waals surface area contributed by atoms with Crippen LogP contribution in [-0.4, -0.2) is 24.0 Å². The van der Waals surface area contributed by atoms with Crippen molar-refractivity contribution in [2.45, 2.75) is 22.6 Å². The lowest BCUT2D eigenvalue weighted by Gasteiger charge is -2.34. The van der Waals surface area contributed by atoms with Crippen LogP contribution in [0.4, 0.5) is 11.4 Å². The monoisotopic (exact) mass is 565 g/mol. The third kappa shape index (κ3) is 5.51. The van der Waals surface area contributed by atoms with E-state index >= 15 is 0 Å². The molecule has 1 atom stereocenters. The van der Waals surface area contributed by atoms with Gasteiger partial charge >= 0.3 is 0 Å². The van der Waals surface area contributed by atoms with E-state index in [4.69, 9.17) is 11.6 Å². The van der Waals surface area contributed by atoms with Crippen molar-refractivity contribution in [1.82, 2.24) is 4.98 Å². The first-order valence-electron chi connectivity index (χ1n) is 13.4. The Labute approximate surface area is 242 Å². The molecule has 1 aliphatic heterocycles. The molecule has 0 saturated carbocycles. The molecule has 0 unspecified atom stereocenters. The fraction of sp³-hybridized carbons (Fsp3) is 0.152. The van der Waals surface area contributed by atoms with Crippen LogP contribution in [0.25, 0.3) is 22.0 Å². The van der Waals surface area contributed by atoms with Gasteiger partial charge in [-0.25, -0.2) is 0 Å². The zero-order valence-electron chi connectivity index (χ0n) is 21.8. The van der Waals surface area contributed by atoms with Crippen molar-refractivity contribution in [2.75, 3.05) is 23.3 Å². The number of halogens is 1. The molecule has 4 aromatic carbocycles. The summed E-state index contributed by atoms with van der Waals surface area (Å²) in [6, 6.07) is 33.4. The molecule has 1 fully saturated rings. The van der Waals surface area contributed by atoms with E-state index in [1.807, 2.05) is 84.9 Å². The summed E-state index contributed by atoms with van der Waals surface area (Å²) < 4.78 is 0. The number of hydrogen-bond acceptors (Lipinski definition) is 4. The summed E-state index contributed by atoms with van der Waals surface area (Å²) >= 11 is 8.02. The lowest BCUT2D eigenvalue weighted by atomic mass is 9.93. The molecule has 1 aliphatic rings. The average Bonchev–Trinajstić information content (AvgIpc) is 2.99. The molecule has 1 amide bonds. The number of anilines is 2. The molecule has 5 aromatic rings. The van der Waals surface area contributed by atoms with Crippen molar-refractivity contribution in [3.8, 4) is 11.1 Å². The van der Waals surface area contributed by atoms with Crippen LogP contribution in [0.1, 0.15) is 12.8 Å². The van der Waals surface area contributed by atoms with E-state index in [9.17, 15) is 9.59 Å². The Morgan fingerprint density at radius 1 is 0.925 bits per heavy atom. The van der Waals surface area contributed by atoms with Gasteiger partial charge < -0.3 is 15.2 Å². The number of hydrogen-bond donors (Lipinski definition) is 2. The molecule has 2 N–H and O–H groups in total. The maximum absolute atomic E-state index is 13.6. The molecular weight excluding hydrogens is 538 g/mol. The van der Waals surface area contributed by atoms with Gasteiger partial charge in [0.05, 0.1) is 11.6 Å². The summed E-state index contributed by atoms with van der Waals surface area (Å²) in [6.45, 7) is 1.15. The minimum absolute atomic E-state index is 0.0349. The molecule has 1 saturated heterocycles. The topological polar surface area (TPSA) is 65.2 Å². The van der Waals surface area contributed by atoms with Crippen LogP contribution in [0.5, 0.6) is 0 Å². The number of rotatable bonds is 6. The summed E-state index contributed by atoms with van der Waals surface area (Å²) in [5.74, 6) is -0.297. The highest BCUT2D eigenvalue weighted by atomic mass is 35.5. The zero-order chi connectivity index (χ0) is 27.5. The van der Waals surface area contributed by atoms with Crippen molar-refractivity contribution in [1.29, 1.82) is 0 Å². The highest BCUT2D eigenvalue weighted by molar-refractivity contribution is 7.99. The molecule has 0 radical (unpaired) electrons. The van der Waals surface area contributed by atoms with Crippen molar-refractivity contribution in [2.24, 2.45) is 5.92 Å². The van der Waals surface area contributed by atoms with Crippen molar-refractivity contribution in [3.05, 3.63) is 119 Å². The number of nitrogens with one attached hydrogen (secondary N) is 2. The smallest absolute Gasteiger partial charge is 0.272 e. The second-order valence-corrected chi connectivity index (χ2v) is 11.5. The molecule has 0 spiro atoms. The summed E-state index contributed by atoms with van der Waals surface area (Å²) in [6.07, 6.45) is 1.56. The number of carbonyl (C=O) groups is 1. The normalized spacial score (nSPS) is 15.2. The van der Waals surface area contributed by atoms with E-state index in [1.54, 1.807) is 17.8 Å². The fourth-order valence-electron chi connectivity index (χ4n) is 5.36. The minimum Gasteiger partial charge on any atom is -0.366 e. The van der Waals surface area contributed by atoms with Gasteiger partial charge in [-0.3, -0.25) is 9.59 Å². The summed E-state index contributed by atoms with van der Waals surface area (Å²) in [7, 11) is 0. The average molecular weight is 566 g/mol. The molecule has 2 heterocycles. The zero-order valence-corrected chi connectivity index (χ0v) is 23.3. The van der Waals surface area contributed by atoms with Crippen LogP contribution in [-0.2, 0) is 4.79 Å². The highest BCUT2D eigenvalue weighted by Crippen LogP contribution is 2.38. The van der Waals surface area contributed by atoms with Crippen molar-refractivity contribution in [3.63, 3.8) is 0 Å². The van der Waals surface area contributed by atoms with E-state index in [0.29, 0.717) is 23.8 Å². The number of aromatic amines is 1. The standard InChI is InChI=1S/C33H28ClN3O2S/c34-24-17-18-27-26(20-24)30(22-10-3-1-4-11-22)31(33(39)35-27)37-19-9-12-23(21-37)32(38)36-28-15-7-8-16-29(28)40-25-13-5-2-6-14-25/h1-8,10-11,13-18,20,23H,9,12,19,21H2,(H,35,39)(H,36,38)/t23-/m1/s1. The Morgan fingerprint density at radius 3 is 2.45 bits per heavy atom. The van der Waals surface area contributed by atoms with Crippen LogP contribution in [0, 0.1) is 5.92 Å². The number of H-pyrrole nitrogens is 1. The molecule has 5 nitrogen and oxygen atoms in total. The number of carbonyl (C=O) groups excluding carboxylic acids is 1. The number of para-hydroxylation sites is 1. The van der Waals surface area contributed by atoms with E-state index in [-0.39, 0.29) is 17.4 Å². The molecule has 6 rings (SSSR count). The van der Waals surface area contributed by atoms with Crippen LogP contribution in [0.3, 0.4) is 0 Å². The van der Waals surface area contributed by atoms with Gasteiger partial charge in [-0.05, 0) is 60.9 Å². The number of benzene rings is 4. The molecule has 0 bridgehead atoms. The van der Waals surface area contributed by atoms with Gasteiger partial charge in [-0.1, -0.05) is 84.0 Å². The third-order valence-electron chi connectivity index (χ3n) is 7.24. The maximum Gasteiger partial charge on any atom is 0.272 e. The van der Waals surface area contributed by atoms with Gasteiger partial charge in [-0.2, -0.15) is 0 Å². The first-order valence-corrected chi connectivity index (χ1v) is 14.5. The lowest BCUT2D eigenvalue weighted by Crippen LogP contribution is -2.43. The van der Waals surface area contributed by atoms with Gasteiger partial charge in [0, 0.05) is 44.4 Å². The molecule has 0 aliphatic carbocycles. The second-order valence-electron chi connectivity index (χ2n) is 9.92. The van der Waals surface area contributed by atoms with E-state index < -0.39 is 0 Å². The first kappa shape index (κ1) is 26.2. The van der Waals surface area contributed by atoms with Gasteiger partial charge in [-0.15, -0.1) is 0 Å². The minimum atomic E-state index is -0.262. The molecule has 200 valence electrons. The van der Waals surface area contributed by atoms with E-state index in [2.05, 4.69) is 27.3 Å². The fourth-order valence-corrected chi connectivity index (χ4v) is 6.45. The Bertz CT molecular complexity index is 1720. The summed E-state index contributed by atoms with van der Waals surface area (Å²) in [5, 5.41) is 4.66. The lowest BCUT2D eigenvalue weighted by molar-refractivity contribution is -0.120. The van der Waals surface area contributed by atoms with Crippen LogP contribution < -0.4 is 15.8 Å². The Kier molecular flexibility index (Phi) is 7.62. The second kappa shape index (κ2) is 11.6. The number of aromatic nitrogens is 1. The highest BCUT2D eigenvalue weighted by Gasteiger charge is 2.30. The van der Waals surface area contributed by atoms with Crippen molar-refractivity contribution >= 4 is 51.5 Å². The number of pyridine rings is 1. The van der Waals surface area contributed by atoms with Crippen LogP contribution in [0.15, 0.2) is 118 Å².